The normalized spacial score (nSPS) is 35.6. The zero-order chi connectivity index (χ0) is 10.2. The molecule has 0 amide bonds. The summed E-state index contributed by atoms with van der Waals surface area (Å²) in [5, 5.41) is 0. The third-order valence-corrected chi connectivity index (χ3v) is 3.52. The van der Waals surface area contributed by atoms with E-state index in [1.807, 2.05) is 6.07 Å². The Labute approximate surface area is 85.1 Å². The predicted molar refractivity (Wildman–Crippen MR) is 57.1 cm³/mol. The molecule has 1 aliphatic rings. The van der Waals surface area contributed by atoms with Crippen LogP contribution in [0, 0.1) is 5.92 Å². The van der Waals surface area contributed by atoms with E-state index >= 15 is 0 Å². The van der Waals surface area contributed by atoms with E-state index in [4.69, 9.17) is 10.5 Å². The molecule has 2 N–H and O–H groups in total. The lowest BCUT2D eigenvalue weighted by atomic mass is 9.95. The second-order valence-electron chi connectivity index (χ2n) is 4.15. The standard InChI is InChI=1S/C12H17NO/c1-12(9-6-4-3-5-7-9)10(8-13)11(12)14-2/h3-7,10-11H,8,13H2,1-2H3/t10-,11-,12-/m1/s1. The van der Waals surface area contributed by atoms with Crippen LogP contribution in [0.15, 0.2) is 30.3 Å². The molecule has 2 rings (SSSR count). The SMILES string of the molecule is CO[C@@H]1[C@@H](CN)[C@@]1(C)c1ccccc1. The van der Waals surface area contributed by atoms with Crippen LogP contribution in [0.3, 0.4) is 0 Å². The predicted octanol–water partition coefficient (Wildman–Crippen LogP) is 1.55. The molecule has 0 radical (unpaired) electrons. The smallest absolute Gasteiger partial charge is 0.0718 e. The molecule has 0 aromatic heterocycles. The van der Waals surface area contributed by atoms with Gasteiger partial charge in [-0.15, -0.1) is 0 Å². The molecule has 2 heteroatoms. The molecule has 0 heterocycles. The molecule has 76 valence electrons. The number of ether oxygens (including phenoxy) is 1. The lowest BCUT2D eigenvalue weighted by Crippen LogP contribution is -2.11. The van der Waals surface area contributed by atoms with E-state index in [9.17, 15) is 0 Å². The minimum Gasteiger partial charge on any atom is -0.380 e. The molecule has 0 spiro atoms. The van der Waals surface area contributed by atoms with Gasteiger partial charge in [-0.1, -0.05) is 37.3 Å². The number of hydrogen-bond donors (Lipinski definition) is 1. The van der Waals surface area contributed by atoms with Gasteiger partial charge in [0.05, 0.1) is 6.10 Å². The molecule has 3 atom stereocenters. The van der Waals surface area contributed by atoms with E-state index in [1.165, 1.54) is 5.56 Å². The Morgan fingerprint density at radius 1 is 1.36 bits per heavy atom. The Bertz CT molecular complexity index is 299. The molecule has 1 saturated carbocycles. The van der Waals surface area contributed by atoms with Crippen LogP contribution in [-0.4, -0.2) is 19.8 Å². The lowest BCUT2D eigenvalue weighted by Gasteiger charge is -2.11. The van der Waals surface area contributed by atoms with Crippen molar-refractivity contribution >= 4 is 0 Å². The van der Waals surface area contributed by atoms with Gasteiger partial charge in [-0.2, -0.15) is 0 Å². The van der Waals surface area contributed by atoms with Gasteiger partial charge in [0.2, 0.25) is 0 Å². The van der Waals surface area contributed by atoms with Gasteiger partial charge in [-0.25, -0.2) is 0 Å². The van der Waals surface area contributed by atoms with Gasteiger partial charge < -0.3 is 10.5 Å². The van der Waals surface area contributed by atoms with Gasteiger partial charge in [0, 0.05) is 18.4 Å². The fraction of sp³-hybridized carbons (Fsp3) is 0.500. The van der Waals surface area contributed by atoms with E-state index in [-0.39, 0.29) is 11.5 Å². The number of rotatable bonds is 3. The highest BCUT2D eigenvalue weighted by Crippen LogP contribution is 2.55. The third-order valence-electron chi connectivity index (χ3n) is 3.52. The first-order chi connectivity index (χ1) is 6.75. The van der Waals surface area contributed by atoms with Crippen molar-refractivity contribution in [3.8, 4) is 0 Å². The lowest BCUT2D eigenvalue weighted by molar-refractivity contribution is 0.157. The first-order valence-electron chi connectivity index (χ1n) is 5.03. The maximum absolute atomic E-state index is 5.73. The third kappa shape index (κ3) is 1.18. The van der Waals surface area contributed by atoms with Crippen molar-refractivity contribution in [2.75, 3.05) is 13.7 Å². The summed E-state index contributed by atoms with van der Waals surface area (Å²) in [5.74, 6) is 0.467. The molecule has 0 saturated heterocycles. The number of nitrogens with two attached hydrogens (primary N) is 1. The first kappa shape index (κ1) is 9.69. The second kappa shape index (κ2) is 3.37. The molecule has 1 aliphatic carbocycles. The maximum atomic E-state index is 5.73. The number of hydrogen-bond acceptors (Lipinski definition) is 2. The molecule has 14 heavy (non-hydrogen) atoms. The fourth-order valence-electron chi connectivity index (χ4n) is 2.51. The Hall–Kier alpha value is -0.860. The summed E-state index contributed by atoms with van der Waals surface area (Å²) in [7, 11) is 1.77. The van der Waals surface area contributed by atoms with Crippen molar-refractivity contribution in [1.82, 2.24) is 0 Å². The summed E-state index contributed by atoms with van der Waals surface area (Å²) in [6.07, 6.45) is 0.287. The van der Waals surface area contributed by atoms with Gasteiger partial charge in [-0.3, -0.25) is 0 Å². The second-order valence-corrected chi connectivity index (χ2v) is 4.15. The van der Waals surface area contributed by atoms with Crippen LogP contribution in [0.25, 0.3) is 0 Å². The van der Waals surface area contributed by atoms with Gasteiger partial charge in [0.25, 0.3) is 0 Å². The Morgan fingerprint density at radius 3 is 2.43 bits per heavy atom. The van der Waals surface area contributed by atoms with E-state index in [1.54, 1.807) is 7.11 Å². The highest BCUT2D eigenvalue weighted by Gasteiger charge is 2.61. The largest absolute Gasteiger partial charge is 0.380 e. The van der Waals surface area contributed by atoms with Crippen molar-refractivity contribution < 1.29 is 4.74 Å². The molecular weight excluding hydrogens is 174 g/mol. The Kier molecular flexibility index (Phi) is 2.33. The molecule has 1 aromatic rings. The quantitative estimate of drug-likeness (QED) is 0.786. The topological polar surface area (TPSA) is 35.2 Å². The Balaban J connectivity index is 2.27. The summed E-state index contributed by atoms with van der Waals surface area (Å²) in [6.45, 7) is 2.93. The average Bonchev–Trinajstić information content (AvgIpc) is 2.85. The molecule has 2 nitrogen and oxygen atoms in total. The van der Waals surface area contributed by atoms with Crippen LogP contribution in [0.1, 0.15) is 12.5 Å². The van der Waals surface area contributed by atoms with E-state index in [0.717, 1.165) is 0 Å². The van der Waals surface area contributed by atoms with E-state index < -0.39 is 0 Å². The van der Waals surface area contributed by atoms with Crippen LogP contribution >= 0.6 is 0 Å². The van der Waals surface area contributed by atoms with Crippen LogP contribution < -0.4 is 5.73 Å². The summed E-state index contributed by atoms with van der Waals surface area (Å²) in [5.41, 5.74) is 7.20. The van der Waals surface area contributed by atoms with E-state index in [2.05, 4.69) is 31.2 Å². The maximum Gasteiger partial charge on any atom is 0.0718 e. The van der Waals surface area contributed by atoms with Crippen LogP contribution in [0.5, 0.6) is 0 Å². The summed E-state index contributed by atoms with van der Waals surface area (Å²) in [6, 6.07) is 10.5. The summed E-state index contributed by atoms with van der Waals surface area (Å²) in [4.78, 5) is 0. The first-order valence-corrected chi connectivity index (χ1v) is 5.03. The van der Waals surface area contributed by atoms with Crippen LogP contribution in [-0.2, 0) is 10.2 Å². The van der Waals surface area contributed by atoms with Gasteiger partial charge in [-0.05, 0) is 12.1 Å². The van der Waals surface area contributed by atoms with Crippen LogP contribution in [0.4, 0.5) is 0 Å². The number of methoxy groups -OCH3 is 1. The molecule has 1 aromatic carbocycles. The highest BCUT2D eigenvalue weighted by atomic mass is 16.5. The summed E-state index contributed by atoms with van der Waals surface area (Å²) < 4.78 is 5.45. The van der Waals surface area contributed by atoms with Crippen molar-refractivity contribution in [3.63, 3.8) is 0 Å². The average molecular weight is 191 g/mol. The van der Waals surface area contributed by atoms with Gasteiger partial charge in [0.1, 0.15) is 0 Å². The zero-order valence-electron chi connectivity index (χ0n) is 8.73. The fourth-order valence-corrected chi connectivity index (χ4v) is 2.51. The molecule has 0 bridgehead atoms. The van der Waals surface area contributed by atoms with Crippen molar-refractivity contribution in [1.29, 1.82) is 0 Å². The zero-order valence-corrected chi connectivity index (χ0v) is 8.73. The monoisotopic (exact) mass is 191 g/mol. The van der Waals surface area contributed by atoms with Gasteiger partial charge >= 0.3 is 0 Å². The van der Waals surface area contributed by atoms with Crippen molar-refractivity contribution in [3.05, 3.63) is 35.9 Å². The molecule has 0 aliphatic heterocycles. The van der Waals surface area contributed by atoms with E-state index in [0.29, 0.717) is 12.5 Å². The van der Waals surface area contributed by atoms with Crippen molar-refractivity contribution in [2.24, 2.45) is 11.7 Å². The highest BCUT2D eigenvalue weighted by molar-refractivity contribution is 5.37. The number of benzene rings is 1. The van der Waals surface area contributed by atoms with Gasteiger partial charge in [0.15, 0.2) is 0 Å². The minimum absolute atomic E-state index is 0.130. The Morgan fingerprint density at radius 2 is 2.00 bits per heavy atom. The minimum atomic E-state index is 0.130. The van der Waals surface area contributed by atoms with Crippen molar-refractivity contribution in [2.45, 2.75) is 18.4 Å². The molecule has 0 unspecified atom stereocenters. The summed E-state index contributed by atoms with van der Waals surface area (Å²) >= 11 is 0. The molecular formula is C12H17NO. The van der Waals surface area contributed by atoms with Crippen LogP contribution in [0.2, 0.25) is 0 Å². The molecule has 1 fully saturated rings.